The minimum atomic E-state index is -0.826. The summed E-state index contributed by atoms with van der Waals surface area (Å²) in [7, 11) is 1.76. The molecule has 1 saturated carbocycles. The molecule has 0 aliphatic heterocycles. The Balaban J connectivity index is 2.04. The molecule has 3 N–H and O–H groups in total. The van der Waals surface area contributed by atoms with Crippen molar-refractivity contribution in [1.29, 1.82) is 0 Å². The number of hydrogen-bond acceptors (Lipinski definition) is 4. The summed E-state index contributed by atoms with van der Waals surface area (Å²) in [5.41, 5.74) is 5.92. The number of amides is 1. The van der Waals surface area contributed by atoms with Gasteiger partial charge in [0.15, 0.2) is 5.84 Å². The van der Waals surface area contributed by atoms with E-state index < -0.39 is 5.41 Å². The highest BCUT2D eigenvalue weighted by Gasteiger charge is 2.46. The molecule has 1 fully saturated rings. The first-order valence-corrected chi connectivity index (χ1v) is 7.23. The van der Waals surface area contributed by atoms with Crippen molar-refractivity contribution in [1.82, 2.24) is 9.88 Å². The zero-order chi connectivity index (χ0) is 15.3. The molecular weight excluding hydrogens is 268 g/mol. The van der Waals surface area contributed by atoms with E-state index in [-0.39, 0.29) is 11.7 Å². The third-order valence-electron chi connectivity index (χ3n) is 4.24. The fraction of sp³-hybridized carbons (Fsp3) is 0.533. The lowest BCUT2D eigenvalue weighted by molar-refractivity contribution is -0.136. The normalized spacial score (nSPS) is 17.7. The zero-order valence-corrected chi connectivity index (χ0v) is 12.3. The molecule has 0 bridgehead atoms. The molecule has 1 aromatic rings. The summed E-state index contributed by atoms with van der Waals surface area (Å²) in [5, 5.41) is 12.1. The number of amidine groups is 1. The van der Waals surface area contributed by atoms with E-state index in [9.17, 15) is 4.79 Å². The number of carbonyl (C=O) groups excluding carboxylic acids is 1. The van der Waals surface area contributed by atoms with Crippen LogP contribution in [-0.2, 0) is 11.2 Å². The van der Waals surface area contributed by atoms with Crippen LogP contribution in [0.1, 0.15) is 31.4 Å². The third kappa shape index (κ3) is 3.15. The maximum Gasteiger partial charge on any atom is 0.236 e. The van der Waals surface area contributed by atoms with Crippen LogP contribution in [0.3, 0.4) is 0 Å². The average Bonchev–Trinajstić information content (AvgIpc) is 3.03. The summed E-state index contributed by atoms with van der Waals surface area (Å²) < 4.78 is 0. The van der Waals surface area contributed by atoms with Crippen molar-refractivity contribution in [2.75, 3.05) is 13.6 Å². The Hall–Kier alpha value is -2.11. The minimum Gasteiger partial charge on any atom is -0.409 e. The SMILES string of the molecule is CN(CCc1ccccn1)C(=O)C1(C(N)=NO)CCCC1. The molecule has 0 spiro atoms. The number of nitrogens with two attached hydrogens (primary N) is 1. The van der Waals surface area contributed by atoms with Crippen molar-refractivity contribution in [2.24, 2.45) is 16.3 Å². The van der Waals surface area contributed by atoms with Gasteiger partial charge in [0.1, 0.15) is 5.41 Å². The van der Waals surface area contributed by atoms with Gasteiger partial charge in [0.25, 0.3) is 0 Å². The van der Waals surface area contributed by atoms with Crippen molar-refractivity contribution in [3.8, 4) is 0 Å². The topological polar surface area (TPSA) is 91.8 Å². The molecule has 0 atom stereocenters. The molecule has 1 aromatic heterocycles. The van der Waals surface area contributed by atoms with E-state index in [1.807, 2.05) is 18.2 Å². The van der Waals surface area contributed by atoms with Gasteiger partial charge in [-0.25, -0.2) is 0 Å². The van der Waals surface area contributed by atoms with E-state index in [1.165, 1.54) is 0 Å². The predicted molar refractivity (Wildman–Crippen MR) is 79.9 cm³/mol. The van der Waals surface area contributed by atoms with Crippen molar-refractivity contribution < 1.29 is 10.0 Å². The second kappa shape index (κ2) is 6.56. The maximum atomic E-state index is 12.7. The van der Waals surface area contributed by atoms with E-state index >= 15 is 0 Å². The lowest BCUT2D eigenvalue weighted by Crippen LogP contribution is -2.49. The van der Waals surface area contributed by atoms with Crippen LogP contribution < -0.4 is 5.73 Å². The van der Waals surface area contributed by atoms with Crippen molar-refractivity contribution in [2.45, 2.75) is 32.1 Å². The van der Waals surface area contributed by atoms with E-state index in [0.29, 0.717) is 25.8 Å². The minimum absolute atomic E-state index is 0.0367. The summed E-state index contributed by atoms with van der Waals surface area (Å²) >= 11 is 0. The second-order valence-electron chi connectivity index (χ2n) is 5.57. The van der Waals surface area contributed by atoms with Crippen LogP contribution in [0, 0.1) is 5.41 Å². The predicted octanol–water partition coefficient (Wildman–Crippen LogP) is 1.39. The maximum absolute atomic E-state index is 12.7. The number of carbonyl (C=O) groups is 1. The number of rotatable bonds is 5. The van der Waals surface area contributed by atoms with Gasteiger partial charge in [0.2, 0.25) is 5.91 Å². The van der Waals surface area contributed by atoms with E-state index in [1.54, 1.807) is 18.1 Å². The van der Waals surface area contributed by atoms with Gasteiger partial charge in [0, 0.05) is 31.9 Å². The first-order valence-electron chi connectivity index (χ1n) is 7.23. The summed E-state index contributed by atoms with van der Waals surface area (Å²) in [4.78, 5) is 18.6. The zero-order valence-electron chi connectivity index (χ0n) is 12.3. The highest BCUT2D eigenvalue weighted by molar-refractivity contribution is 6.06. The van der Waals surface area contributed by atoms with Gasteiger partial charge in [-0.05, 0) is 25.0 Å². The lowest BCUT2D eigenvalue weighted by Gasteiger charge is -2.31. The molecule has 21 heavy (non-hydrogen) atoms. The number of oxime groups is 1. The number of pyridine rings is 1. The molecule has 6 nitrogen and oxygen atoms in total. The van der Waals surface area contributed by atoms with Gasteiger partial charge < -0.3 is 15.8 Å². The van der Waals surface area contributed by atoms with E-state index in [2.05, 4.69) is 10.1 Å². The average molecular weight is 290 g/mol. The molecule has 1 heterocycles. The molecule has 6 heteroatoms. The smallest absolute Gasteiger partial charge is 0.236 e. The molecule has 0 unspecified atom stereocenters. The molecule has 0 saturated heterocycles. The quantitative estimate of drug-likeness (QED) is 0.371. The van der Waals surface area contributed by atoms with Crippen LogP contribution in [0.4, 0.5) is 0 Å². The molecule has 1 aliphatic carbocycles. The van der Waals surface area contributed by atoms with Crippen LogP contribution in [0.25, 0.3) is 0 Å². The summed E-state index contributed by atoms with van der Waals surface area (Å²) in [6.07, 6.45) is 5.58. The largest absolute Gasteiger partial charge is 0.409 e. The summed E-state index contributed by atoms with van der Waals surface area (Å²) in [5.74, 6) is -0.0269. The van der Waals surface area contributed by atoms with Crippen LogP contribution in [0.2, 0.25) is 0 Å². The van der Waals surface area contributed by atoms with Crippen LogP contribution in [0.15, 0.2) is 29.6 Å². The number of aromatic nitrogens is 1. The molecular formula is C15H22N4O2. The highest BCUT2D eigenvalue weighted by atomic mass is 16.4. The van der Waals surface area contributed by atoms with Crippen LogP contribution in [-0.4, -0.2) is 40.4 Å². The first-order chi connectivity index (χ1) is 10.1. The van der Waals surface area contributed by atoms with Gasteiger partial charge in [-0.3, -0.25) is 9.78 Å². The third-order valence-corrected chi connectivity index (χ3v) is 4.24. The van der Waals surface area contributed by atoms with Gasteiger partial charge in [-0.2, -0.15) is 0 Å². The van der Waals surface area contributed by atoms with Gasteiger partial charge in [0.05, 0.1) is 0 Å². The Morgan fingerprint density at radius 2 is 2.19 bits per heavy atom. The Morgan fingerprint density at radius 1 is 1.48 bits per heavy atom. The molecule has 1 amide bonds. The van der Waals surface area contributed by atoms with Crippen molar-refractivity contribution >= 4 is 11.7 Å². The van der Waals surface area contributed by atoms with Gasteiger partial charge >= 0.3 is 0 Å². The van der Waals surface area contributed by atoms with E-state index in [4.69, 9.17) is 10.9 Å². The lowest BCUT2D eigenvalue weighted by atomic mass is 9.83. The highest BCUT2D eigenvalue weighted by Crippen LogP contribution is 2.39. The first kappa shape index (κ1) is 15.3. The number of likely N-dealkylation sites (N-methyl/N-ethyl adjacent to an activating group) is 1. The Bertz CT molecular complexity index is 510. The molecule has 1 aliphatic rings. The van der Waals surface area contributed by atoms with Crippen molar-refractivity contribution in [3.63, 3.8) is 0 Å². The monoisotopic (exact) mass is 290 g/mol. The standard InChI is InChI=1S/C15H22N4O2/c1-19(11-7-12-6-2-5-10-17-12)14(20)15(13(16)18-21)8-3-4-9-15/h2,5-6,10,21H,3-4,7-9,11H2,1H3,(H2,16,18). The van der Waals surface area contributed by atoms with E-state index in [0.717, 1.165) is 18.5 Å². The fourth-order valence-corrected chi connectivity index (χ4v) is 2.95. The van der Waals surface area contributed by atoms with Crippen molar-refractivity contribution in [3.05, 3.63) is 30.1 Å². The molecule has 114 valence electrons. The summed E-state index contributed by atoms with van der Waals surface area (Å²) in [6, 6.07) is 5.73. The second-order valence-corrected chi connectivity index (χ2v) is 5.57. The summed E-state index contributed by atoms with van der Waals surface area (Å²) in [6.45, 7) is 0.566. The number of hydrogen-bond donors (Lipinski definition) is 2. The van der Waals surface area contributed by atoms with Crippen LogP contribution in [0.5, 0.6) is 0 Å². The van der Waals surface area contributed by atoms with Crippen LogP contribution >= 0.6 is 0 Å². The molecule has 0 aromatic carbocycles. The Kier molecular flexibility index (Phi) is 4.77. The fourth-order valence-electron chi connectivity index (χ4n) is 2.95. The Labute approximate surface area is 124 Å². The number of nitrogens with zero attached hydrogens (tertiary/aromatic N) is 3. The molecule has 2 rings (SSSR count). The Morgan fingerprint density at radius 3 is 2.76 bits per heavy atom. The van der Waals surface area contributed by atoms with Gasteiger partial charge in [-0.1, -0.05) is 24.1 Å². The molecule has 0 radical (unpaired) electrons. The van der Waals surface area contributed by atoms with Gasteiger partial charge in [-0.15, -0.1) is 0 Å².